The average molecular weight is 450 g/mol. The lowest BCUT2D eigenvalue weighted by atomic mass is 10.2. The van der Waals surface area contributed by atoms with E-state index < -0.39 is 17.0 Å². The van der Waals surface area contributed by atoms with Crippen LogP contribution in [0.4, 0.5) is 0 Å². The Hall–Kier alpha value is -3.89. The summed E-state index contributed by atoms with van der Waals surface area (Å²) in [6.45, 7) is 0.993. The first-order valence-electron chi connectivity index (χ1n) is 9.74. The number of unbranched alkanes of at least 4 members (excludes halogenated alkanes) is 1. The number of amides is 1. The van der Waals surface area contributed by atoms with Gasteiger partial charge in [0.05, 0.1) is 7.11 Å². The summed E-state index contributed by atoms with van der Waals surface area (Å²) in [6.07, 6.45) is 8.22. The third kappa shape index (κ3) is 11.3. The van der Waals surface area contributed by atoms with Crippen LogP contribution in [-0.2, 0) is 24.0 Å². The maximum Gasteiger partial charge on any atom is 0.330 e. The normalized spacial score (nSPS) is 10.7. The quantitative estimate of drug-likeness (QED) is 0.0858. The number of carbonyl (C=O) groups excluding carboxylic acids is 3. The van der Waals surface area contributed by atoms with Gasteiger partial charge >= 0.3 is 11.9 Å². The van der Waals surface area contributed by atoms with Crippen molar-refractivity contribution in [2.24, 2.45) is 0 Å². The van der Waals surface area contributed by atoms with Gasteiger partial charge in [-0.05, 0) is 43.5 Å². The maximum absolute atomic E-state index is 12.0. The van der Waals surface area contributed by atoms with Gasteiger partial charge in [-0.15, -0.1) is 10.1 Å². The van der Waals surface area contributed by atoms with E-state index in [1.807, 2.05) is 19.1 Å². The first-order valence-corrected chi connectivity index (χ1v) is 9.74. The summed E-state index contributed by atoms with van der Waals surface area (Å²) >= 11 is 0. The van der Waals surface area contributed by atoms with E-state index in [2.05, 4.69) is 10.2 Å². The zero-order valence-corrected chi connectivity index (χ0v) is 17.9. The summed E-state index contributed by atoms with van der Waals surface area (Å²) in [4.78, 5) is 49.3. The van der Waals surface area contributed by atoms with E-state index in [1.54, 1.807) is 6.07 Å². The molecular weight excluding hydrogens is 424 g/mol. The van der Waals surface area contributed by atoms with Crippen molar-refractivity contribution in [1.82, 2.24) is 5.32 Å². The molecule has 1 N–H and O–H groups in total. The van der Waals surface area contributed by atoms with Crippen molar-refractivity contribution in [3.8, 4) is 11.5 Å². The molecule has 1 aromatic rings. The van der Waals surface area contributed by atoms with Crippen LogP contribution in [-0.4, -0.2) is 49.8 Å². The van der Waals surface area contributed by atoms with Gasteiger partial charge in [0.2, 0.25) is 5.91 Å². The topological polar surface area (TPSA) is 143 Å². The van der Waals surface area contributed by atoms with Crippen LogP contribution < -0.4 is 14.8 Å². The fraction of sp³-hybridized carbons (Fsp3) is 0.381. The molecule has 0 aliphatic rings. The van der Waals surface area contributed by atoms with Crippen molar-refractivity contribution in [2.45, 2.75) is 26.2 Å². The predicted octanol–water partition coefficient (Wildman–Crippen LogP) is 2.23. The van der Waals surface area contributed by atoms with E-state index in [4.69, 9.17) is 14.2 Å². The Morgan fingerprint density at radius 2 is 1.97 bits per heavy atom. The summed E-state index contributed by atoms with van der Waals surface area (Å²) in [6, 6.07) is 4.58. The van der Waals surface area contributed by atoms with Crippen LogP contribution in [0.1, 0.15) is 31.7 Å². The van der Waals surface area contributed by atoms with Gasteiger partial charge in [0.15, 0.2) is 11.5 Å². The lowest BCUT2D eigenvalue weighted by Gasteiger charge is -2.10. The molecule has 11 nitrogen and oxygen atoms in total. The SMILES string of the molecule is C/C=C\CCCC(=O)NCC(=O)Oc1ccc(/C=C/C(=O)OCCO[N+](=O)[O-])cc1OC. The molecule has 0 radical (unpaired) electrons. The molecule has 0 saturated heterocycles. The standard InChI is InChI=1S/C21H26N2O9/c1-3-4-5-6-7-19(24)22-15-21(26)32-17-10-8-16(14-18(17)29-2)9-11-20(25)30-12-13-31-23(27)28/h3-4,8-11,14H,5-7,12-13,15H2,1-2H3,(H,22,24)/b4-3-,11-9+. The number of methoxy groups -OCH3 is 1. The van der Waals surface area contributed by atoms with Gasteiger partial charge < -0.3 is 24.4 Å². The Labute approximate surface area is 185 Å². The first-order chi connectivity index (χ1) is 15.3. The minimum Gasteiger partial charge on any atom is -0.493 e. The molecule has 0 aliphatic carbocycles. The lowest BCUT2D eigenvalue weighted by molar-refractivity contribution is -0.757. The molecule has 1 aromatic carbocycles. The van der Waals surface area contributed by atoms with Crippen molar-refractivity contribution in [1.29, 1.82) is 0 Å². The van der Waals surface area contributed by atoms with E-state index >= 15 is 0 Å². The van der Waals surface area contributed by atoms with Crippen LogP contribution in [0.15, 0.2) is 36.4 Å². The minimum absolute atomic E-state index is 0.150. The van der Waals surface area contributed by atoms with E-state index in [-0.39, 0.29) is 37.2 Å². The van der Waals surface area contributed by atoms with Gasteiger partial charge in [0, 0.05) is 12.5 Å². The highest BCUT2D eigenvalue weighted by molar-refractivity contribution is 5.87. The smallest absolute Gasteiger partial charge is 0.330 e. The second-order valence-corrected chi connectivity index (χ2v) is 6.18. The largest absolute Gasteiger partial charge is 0.493 e. The lowest BCUT2D eigenvalue weighted by Crippen LogP contribution is -2.31. The number of esters is 2. The highest BCUT2D eigenvalue weighted by atomic mass is 17.0. The van der Waals surface area contributed by atoms with Crippen molar-refractivity contribution in [2.75, 3.05) is 26.9 Å². The van der Waals surface area contributed by atoms with Crippen LogP contribution in [0.3, 0.4) is 0 Å². The Morgan fingerprint density at radius 3 is 2.66 bits per heavy atom. The monoisotopic (exact) mass is 450 g/mol. The molecular formula is C21H26N2O9. The van der Waals surface area contributed by atoms with Crippen LogP contribution in [0.5, 0.6) is 11.5 Å². The predicted molar refractivity (Wildman–Crippen MR) is 113 cm³/mol. The Bertz CT molecular complexity index is 850. The number of allylic oxidation sites excluding steroid dienone is 2. The summed E-state index contributed by atoms with van der Waals surface area (Å²) in [5.74, 6) is -1.22. The molecule has 0 fully saturated rings. The first kappa shape index (κ1) is 26.1. The average Bonchev–Trinajstić information content (AvgIpc) is 2.77. The van der Waals surface area contributed by atoms with Crippen LogP contribution in [0.2, 0.25) is 0 Å². The molecule has 0 unspecified atom stereocenters. The van der Waals surface area contributed by atoms with Gasteiger partial charge in [-0.1, -0.05) is 18.2 Å². The zero-order chi connectivity index (χ0) is 23.8. The van der Waals surface area contributed by atoms with Gasteiger partial charge in [0.25, 0.3) is 5.09 Å². The summed E-state index contributed by atoms with van der Waals surface area (Å²) in [5, 5.41) is 11.5. The number of nitrogens with zero attached hydrogens (tertiary/aromatic N) is 1. The minimum atomic E-state index is -0.981. The van der Waals surface area contributed by atoms with E-state index in [9.17, 15) is 24.5 Å². The van der Waals surface area contributed by atoms with Crippen molar-refractivity contribution in [3.05, 3.63) is 52.1 Å². The van der Waals surface area contributed by atoms with Gasteiger partial charge in [-0.25, -0.2) is 9.59 Å². The third-order valence-corrected chi connectivity index (χ3v) is 3.79. The summed E-state index contributed by atoms with van der Waals surface area (Å²) < 4.78 is 15.2. The van der Waals surface area contributed by atoms with Crippen LogP contribution >= 0.6 is 0 Å². The Morgan fingerprint density at radius 1 is 1.19 bits per heavy atom. The van der Waals surface area contributed by atoms with Gasteiger partial charge in [-0.3, -0.25) is 4.79 Å². The number of nitrogens with one attached hydrogen (secondary N) is 1. The van der Waals surface area contributed by atoms with Gasteiger partial charge in [0.1, 0.15) is 19.8 Å². The molecule has 11 heteroatoms. The van der Waals surface area contributed by atoms with E-state index in [0.29, 0.717) is 18.4 Å². The van der Waals surface area contributed by atoms with Crippen LogP contribution in [0.25, 0.3) is 6.08 Å². The molecule has 0 aromatic heterocycles. The number of benzene rings is 1. The second kappa shape index (κ2) is 15.0. The second-order valence-electron chi connectivity index (χ2n) is 6.18. The molecule has 0 aliphatic heterocycles. The molecule has 0 atom stereocenters. The highest BCUT2D eigenvalue weighted by Crippen LogP contribution is 2.28. The van der Waals surface area contributed by atoms with Crippen LogP contribution in [0, 0.1) is 10.1 Å². The molecule has 174 valence electrons. The van der Waals surface area contributed by atoms with Crippen molar-refractivity contribution < 1.29 is 38.5 Å². The molecule has 0 spiro atoms. The summed E-state index contributed by atoms with van der Waals surface area (Å²) in [5.41, 5.74) is 0.551. The zero-order valence-electron chi connectivity index (χ0n) is 17.9. The number of carbonyl (C=O) groups is 3. The Balaban J connectivity index is 2.52. The van der Waals surface area contributed by atoms with Crippen molar-refractivity contribution in [3.63, 3.8) is 0 Å². The van der Waals surface area contributed by atoms with E-state index in [1.165, 1.54) is 25.3 Å². The third-order valence-electron chi connectivity index (χ3n) is 3.79. The number of hydrogen-bond donors (Lipinski definition) is 1. The van der Waals surface area contributed by atoms with Gasteiger partial charge in [-0.2, -0.15) is 0 Å². The molecule has 32 heavy (non-hydrogen) atoms. The molecule has 0 bridgehead atoms. The van der Waals surface area contributed by atoms with Crippen molar-refractivity contribution >= 4 is 23.9 Å². The fourth-order valence-corrected chi connectivity index (χ4v) is 2.30. The molecule has 1 rings (SSSR count). The molecule has 1 amide bonds. The summed E-state index contributed by atoms with van der Waals surface area (Å²) in [7, 11) is 1.39. The number of ether oxygens (including phenoxy) is 3. The fourth-order valence-electron chi connectivity index (χ4n) is 2.30. The number of hydrogen-bond acceptors (Lipinski definition) is 9. The molecule has 0 saturated carbocycles. The Kier molecular flexibility index (Phi) is 12.2. The number of rotatable bonds is 14. The molecule has 0 heterocycles. The highest BCUT2D eigenvalue weighted by Gasteiger charge is 2.12. The maximum atomic E-state index is 12.0. The van der Waals surface area contributed by atoms with E-state index in [0.717, 1.165) is 12.5 Å².